The molecule has 33 heavy (non-hydrogen) atoms. The van der Waals surface area contributed by atoms with Gasteiger partial charge in [0.1, 0.15) is 12.3 Å². The lowest BCUT2D eigenvalue weighted by Gasteiger charge is -2.20. The molecule has 0 atom stereocenters. The average Bonchev–Trinajstić information content (AvgIpc) is 2.89. The van der Waals surface area contributed by atoms with E-state index in [1.807, 2.05) is 0 Å². The van der Waals surface area contributed by atoms with Crippen molar-refractivity contribution in [2.45, 2.75) is 11.8 Å². The summed E-state index contributed by atoms with van der Waals surface area (Å²) in [5.41, 5.74) is 5.43. The van der Waals surface area contributed by atoms with Gasteiger partial charge >= 0.3 is 0 Å². The van der Waals surface area contributed by atoms with Crippen LogP contribution in [0.5, 0.6) is 5.75 Å². The first-order chi connectivity index (χ1) is 15.5. The van der Waals surface area contributed by atoms with E-state index in [0.29, 0.717) is 27.2 Å². The Balaban J connectivity index is 2.09. The molecule has 3 N–H and O–H groups in total. The number of halogens is 2. The number of carbonyl (C=O) groups is 3. The first kappa shape index (κ1) is 24.6. The third-order valence-electron chi connectivity index (χ3n) is 4.66. The molecule has 1 heterocycles. The minimum atomic E-state index is -4.54. The van der Waals surface area contributed by atoms with E-state index in [4.69, 9.17) is 33.7 Å². The van der Waals surface area contributed by atoms with Crippen LogP contribution in [0.1, 0.15) is 22.8 Å². The number of hydrogen-bond acceptors (Lipinski definition) is 6. The highest BCUT2D eigenvalue weighted by molar-refractivity contribution is 7.89. The minimum Gasteiger partial charge on any atom is -0.493 e. The van der Waals surface area contributed by atoms with Crippen molar-refractivity contribution in [2.24, 2.45) is 5.73 Å². The Bertz CT molecular complexity index is 1280. The predicted molar refractivity (Wildman–Crippen MR) is 122 cm³/mol. The molecule has 1 saturated heterocycles. The molecular formula is C21H19Cl2N3O6S. The third kappa shape index (κ3) is 5.29. The highest BCUT2D eigenvalue weighted by Crippen LogP contribution is 2.28. The van der Waals surface area contributed by atoms with Crippen molar-refractivity contribution in [3.63, 3.8) is 0 Å². The van der Waals surface area contributed by atoms with Crippen LogP contribution in [0.2, 0.25) is 10.0 Å². The molecule has 0 bridgehead atoms. The van der Waals surface area contributed by atoms with Gasteiger partial charge in [0.2, 0.25) is 11.8 Å². The Morgan fingerprint density at radius 1 is 1.21 bits per heavy atom. The molecule has 2 aromatic rings. The summed E-state index contributed by atoms with van der Waals surface area (Å²) < 4.78 is 32.5. The van der Waals surface area contributed by atoms with Crippen LogP contribution in [0.4, 0.5) is 0 Å². The number of primary amides is 1. The van der Waals surface area contributed by atoms with Crippen LogP contribution >= 0.6 is 23.2 Å². The van der Waals surface area contributed by atoms with E-state index in [1.54, 1.807) is 25.1 Å². The molecule has 0 radical (unpaired) electrons. The van der Waals surface area contributed by atoms with Gasteiger partial charge in [-0.3, -0.25) is 14.4 Å². The Morgan fingerprint density at radius 3 is 2.61 bits per heavy atom. The van der Waals surface area contributed by atoms with E-state index < -0.39 is 39.2 Å². The summed E-state index contributed by atoms with van der Waals surface area (Å²) in [4.78, 5) is 36.6. The van der Waals surface area contributed by atoms with Gasteiger partial charge in [-0.05, 0) is 49.4 Å². The first-order valence-electron chi connectivity index (χ1n) is 9.60. The molecule has 0 aliphatic carbocycles. The van der Waals surface area contributed by atoms with Crippen molar-refractivity contribution in [1.82, 2.24) is 9.62 Å². The Labute approximate surface area is 200 Å². The van der Waals surface area contributed by atoms with Gasteiger partial charge in [0.25, 0.3) is 15.9 Å². The second-order valence-corrected chi connectivity index (χ2v) is 9.59. The fourth-order valence-electron chi connectivity index (χ4n) is 3.08. The number of carbonyl (C=O) groups excluding carboxylic acids is 3. The van der Waals surface area contributed by atoms with Gasteiger partial charge in [-0.15, -0.1) is 0 Å². The van der Waals surface area contributed by atoms with Crippen LogP contribution in [0.3, 0.4) is 0 Å². The average molecular weight is 512 g/mol. The van der Waals surface area contributed by atoms with Gasteiger partial charge < -0.3 is 15.8 Å². The number of amides is 3. The molecule has 2 aromatic carbocycles. The van der Waals surface area contributed by atoms with Crippen molar-refractivity contribution in [1.29, 1.82) is 0 Å². The van der Waals surface area contributed by atoms with Crippen LogP contribution in [-0.4, -0.2) is 50.1 Å². The molecule has 9 nitrogen and oxygen atoms in total. The molecule has 1 aliphatic heterocycles. The maximum Gasteiger partial charge on any atom is 0.267 e. The summed E-state index contributed by atoms with van der Waals surface area (Å²) in [5, 5.41) is 2.83. The fourth-order valence-corrected chi connectivity index (χ4v) is 4.86. The second-order valence-electron chi connectivity index (χ2n) is 6.88. The summed E-state index contributed by atoms with van der Waals surface area (Å²) in [5.74, 6) is -2.13. The number of hydrogen-bond donors (Lipinski definition) is 2. The van der Waals surface area contributed by atoms with E-state index in [9.17, 15) is 22.8 Å². The smallest absolute Gasteiger partial charge is 0.267 e. The van der Waals surface area contributed by atoms with Crippen LogP contribution in [0.15, 0.2) is 46.9 Å². The number of nitrogens with one attached hydrogen (secondary N) is 1. The highest BCUT2D eigenvalue weighted by atomic mass is 35.5. The minimum absolute atomic E-state index is 0.0169. The number of sulfonamides is 1. The number of nitrogens with zero attached hydrogens (tertiary/aromatic N) is 1. The zero-order valence-corrected chi connectivity index (χ0v) is 19.6. The molecule has 174 valence electrons. The molecule has 0 spiro atoms. The molecular weight excluding hydrogens is 493 g/mol. The van der Waals surface area contributed by atoms with Crippen molar-refractivity contribution < 1.29 is 27.5 Å². The van der Waals surface area contributed by atoms with Gasteiger partial charge in [-0.25, -0.2) is 12.7 Å². The Morgan fingerprint density at radius 2 is 1.94 bits per heavy atom. The molecule has 1 aliphatic rings. The molecule has 0 saturated carbocycles. The van der Waals surface area contributed by atoms with Crippen molar-refractivity contribution >= 4 is 57.0 Å². The van der Waals surface area contributed by atoms with E-state index in [1.165, 1.54) is 12.1 Å². The monoisotopic (exact) mass is 511 g/mol. The lowest BCUT2D eigenvalue weighted by molar-refractivity contribution is -0.127. The second kappa shape index (κ2) is 9.82. The molecule has 0 aromatic heterocycles. The standard InChI is InChI=1S/C21H19Cl2N3O6S/c1-2-32-18-6-3-14(22)8-12(18)7-13-10-25-19(27)11-26(21(13)29)33(30,31)15-4-5-17(23)16(9-15)20(24)28/h3-9H,2,10-11H2,1H3,(H2,24,28)(H,25,27)/b13-7+. The lowest BCUT2D eigenvalue weighted by atomic mass is 10.1. The fraction of sp³-hybridized carbons (Fsp3) is 0.190. The molecule has 12 heteroatoms. The number of benzene rings is 2. The summed E-state index contributed by atoms with van der Waals surface area (Å²) in [6, 6.07) is 8.03. The van der Waals surface area contributed by atoms with Gasteiger partial charge in [0, 0.05) is 22.7 Å². The maximum atomic E-state index is 13.3. The number of ether oxygens (including phenoxy) is 1. The van der Waals surface area contributed by atoms with Crippen LogP contribution in [0, 0.1) is 0 Å². The van der Waals surface area contributed by atoms with Crippen molar-refractivity contribution in [3.05, 3.63) is 63.1 Å². The Kier molecular flexibility index (Phi) is 7.31. The van der Waals surface area contributed by atoms with Gasteiger partial charge in [-0.2, -0.15) is 0 Å². The van der Waals surface area contributed by atoms with Gasteiger partial charge in [0.15, 0.2) is 0 Å². The summed E-state index contributed by atoms with van der Waals surface area (Å²) in [7, 11) is -4.54. The van der Waals surface area contributed by atoms with E-state index >= 15 is 0 Å². The molecule has 1 fully saturated rings. The van der Waals surface area contributed by atoms with Crippen LogP contribution in [-0.2, 0) is 19.6 Å². The summed E-state index contributed by atoms with van der Waals surface area (Å²) in [6.45, 7) is 1.17. The zero-order chi connectivity index (χ0) is 24.3. The first-order valence-corrected chi connectivity index (χ1v) is 11.8. The topological polar surface area (TPSA) is 136 Å². The predicted octanol–water partition coefficient (Wildman–Crippen LogP) is 2.22. The molecule has 3 rings (SSSR count). The van der Waals surface area contributed by atoms with E-state index in [-0.39, 0.29) is 22.7 Å². The van der Waals surface area contributed by atoms with Gasteiger partial charge in [0.05, 0.1) is 22.1 Å². The third-order valence-corrected chi connectivity index (χ3v) is 6.95. The van der Waals surface area contributed by atoms with Crippen molar-refractivity contribution in [2.75, 3.05) is 19.7 Å². The number of rotatable bonds is 6. The summed E-state index contributed by atoms with van der Waals surface area (Å²) >= 11 is 12.0. The maximum absolute atomic E-state index is 13.3. The van der Waals surface area contributed by atoms with Crippen LogP contribution < -0.4 is 15.8 Å². The van der Waals surface area contributed by atoms with Crippen LogP contribution in [0.25, 0.3) is 6.08 Å². The van der Waals surface area contributed by atoms with E-state index in [0.717, 1.165) is 12.1 Å². The van der Waals surface area contributed by atoms with Crippen molar-refractivity contribution in [3.8, 4) is 5.75 Å². The molecule has 3 amide bonds. The van der Waals surface area contributed by atoms with Gasteiger partial charge in [-0.1, -0.05) is 23.2 Å². The van der Waals surface area contributed by atoms with E-state index in [2.05, 4.69) is 5.32 Å². The largest absolute Gasteiger partial charge is 0.493 e. The quantitative estimate of drug-likeness (QED) is 0.570. The number of nitrogens with two attached hydrogens (primary N) is 1. The SMILES string of the molecule is CCOc1ccc(Cl)cc1/C=C1\CNC(=O)CN(S(=O)(=O)c2ccc(Cl)c(C(N)=O)c2)C1=O. The Hall–Kier alpha value is -3.08. The normalized spacial score (nSPS) is 15.8. The molecule has 0 unspecified atom stereocenters. The summed E-state index contributed by atoms with van der Waals surface area (Å²) in [6.07, 6.45) is 1.41. The zero-order valence-electron chi connectivity index (χ0n) is 17.3. The highest BCUT2D eigenvalue weighted by Gasteiger charge is 2.36. The lowest BCUT2D eigenvalue weighted by Crippen LogP contribution is -2.40.